The second-order valence-corrected chi connectivity index (χ2v) is 10.9. The summed E-state index contributed by atoms with van der Waals surface area (Å²) in [5.74, 6) is 1.69. The number of unbranched alkanes of at least 4 members (excludes halogenated alkanes) is 1. The van der Waals surface area contributed by atoms with Gasteiger partial charge in [0.2, 0.25) is 5.95 Å². The Kier molecular flexibility index (Phi) is 12.5. The molecule has 47 heavy (non-hydrogen) atoms. The van der Waals surface area contributed by atoms with Crippen LogP contribution in [0.5, 0.6) is 17.2 Å². The maximum Gasteiger partial charge on any atom is 0.425 e. The third-order valence-electron chi connectivity index (χ3n) is 7.74. The van der Waals surface area contributed by atoms with Crippen molar-refractivity contribution in [3.8, 4) is 17.2 Å². The molecule has 0 fully saturated rings. The molecule has 0 radical (unpaired) electrons. The van der Waals surface area contributed by atoms with Crippen molar-refractivity contribution in [2.45, 2.75) is 40.5 Å². The molecular formula is C36H44N6O5. The molecule has 11 heteroatoms. The monoisotopic (exact) mass is 640 g/mol. The fourth-order valence-electron chi connectivity index (χ4n) is 5.08. The van der Waals surface area contributed by atoms with Gasteiger partial charge in [0.05, 0.1) is 19.9 Å². The van der Waals surface area contributed by atoms with E-state index in [4.69, 9.17) is 14.2 Å². The highest BCUT2D eigenvalue weighted by Gasteiger charge is 2.27. The number of hydrogen-bond acceptors (Lipinski definition) is 9. The first kappa shape index (κ1) is 34.7. The Morgan fingerprint density at radius 1 is 0.872 bits per heavy atom. The molecule has 0 aliphatic carbocycles. The standard InChI is InChI=1S/C36H44N6O5/c1-7-41(8-2)22-10-9-20-37-34(43)27-15-12-16-28(23-27)39-35-38-21-19-32(40-35)42(30-18-17-29(45-5)24-31(30)46-6)36(44)47-33-25(3)13-11-14-26(33)4/h11-19,21,23-24H,7-10,20,22H2,1-6H3,(H,37,43)(H,38,39,40). The summed E-state index contributed by atoms with van der Waals surface area (Å²) in [5, 5.41) is 6.17. The minimum atomic E-state index is -0.689. The lowest BCUT2D eigenvalue weighted by molar-refractivity contribution is 0.0952. The Morgan fingerprint density at radius 2 is 1.62 bits per heavy atom. The lowest BCUT2D eigenvalue weighted by Gasteiger charge is -2.24. The fraction of sp³-hybridized carbons (Fsp3) is 0.333. The number of methoxy groups -OCH3 is 2. The predicted molar refractivity (Wildman–Crippen MR) is 185 cm³/mol. The number of amides is 2. The Hall–Kier alpha value is -5.16. The van der Waals surface area contributed by atoms with Crippen LogP contribution in [0.2, 0.25) is 0 Å². The van der Waals surface area contributed by atoms with Crippen molar-refractivity contribution in [1.29, 1.82) is 0 Å². The summed E-state index contributed by atoms with van der Waals surface area (Å²) >= 11 is 0. The van der Waals surface area contributed by atoms with Crippen LogP contribution in [0.25, 0.3) is 0 Å². The summed E-state index contributed by atoms with van der Waals surface area (Å²) in [4.78, 5) is 39.5. The Labute approximate surface area is 276 Å². The van der Waals surface area contributed by atoms with Gasteiger partial charge in [-0.3, -0.25) is 4.79 Å². The number of aryl methyl sites for hydroxylation is 2. The van der Waals surface area contributed by atoms with E-state index in [1.807, 2.05) is 38.1 Å². The zero-order valence-electron chi connectivity index (χ0n) is 28.0. The number of carbonyl (C=O) groups excluding carboxylic acids is 2. The molecule has 0 spiro atoms. The third kappa shape index (κ3) is 9.20. The van der Waals surface area contributed by atoms with Gasteiger partial charge in [0, 0.05) is 36.1 Å². The number of ether oxygens (including phenoxy) is 3. The Balaban J connectivity index is 1.56. The van der Waals surface area contributed by atoms with Crippen LogP contribution in [0.4, 0.5) is 27.9 Å². The van der Waals surface area contributed by atoms with Crippen LogP contribution in [0, 0.1) is 13.8 Å². The van der Waals surface area contributed by atoms with E-state index < -0.39 is 6.09 Å². The first-order chi connectivity index (χ1) is 22.8. The second kappa shape index (κ2) is 17.0. The van der Waals surface area contributed by atoms with Crippen LogP contribution in [-0.4, -0.2) is 67.3 Å². The van der Waals surface area contributed by atoms with Gasteiger partial charge in [-0.15, -0.1) is 0 Å². The number of hydrogen-bond donors (Lipinski definition) is 2. The molecule has 248 valence electrons. The van der Waals surface area contributed by atoms with Crippen molar-refractivity contribution in [3.63, 3.8) is 0 Å². The number of nitrogens with one attached hydrogen (secondary N) is 2. The maximum atomic E-state index is 13.9. The van der Waals surface area contributed by atoms with E-state index in [-0.39, 0.29) is 17.7 Å². The summed E-state index contributed by atoms with van der Waals surface area (Å²) in [6.45, 7) is 11.7. The first-order valence-corrected chi connectivity index (χ1v) is 15.8. The van der Waals surface area contributed by atoms with Crippen molar-refractivity contribution >= 4 is 35.1 Å². The number of aromatic nitrogens is 2. The Morgan fingerprint density at radius 3 is 2.32 bits per heavy atom. The highest BCUT2D eigenvalue weighted by Crippen LogP contribution is 2.37. The van der Waals surface area contributed by atoms with E-state index in [1.54, 1.807) is 49.6 Å². The van der Waals surface area contributed by atoms with E-state index >= 15 is 0 Å². The summed E-state index contributed by atoms with van der Waals surface area (Å²) in [6.07, 6.45) is 2.78. The molecule has 1 aromatic heterocycles. The van der Waals surface area contributed by atoms with Gasteiger partial charge < -0.3 is 29.7 Å². The highest BCUT2D eigenvalue weighted by atomic mass is 16.6. The summed E-state index contributed by atoms with van der Waals surface area (Å²) in [6, 6.07) is 19.5. The molecule has 0 aliphatic heterocycles. The smallest absolute Gasteiger partial charge is 0.425 e. The van der Waals surface area contributed by atoms with Crippen molar-refractivity contribution in [2.24, 2.45) is 0 Å². The van der Waals surface area contributed by atoms with Crippen molar-refractivity contribution in [2.75, 3.05) is 50.6 Å². The normalized spacial score (nSPS) is 10.8. The molecule has 4 aromatic rings. The molecule has 0 aliphatic rings. The molecule has 2 N–H and O–H groups in total. The van der Waals surface area contributed by atoms with Crippen LogP contribution < -0.4 is 29.7 Å². The molecule has 0 bridgehead atoms. The van der Waals surface area contributed by atoms with Gasteiger partial charge in [0.15, 0.2) is 0 Å². The predicted octanol–water partition coefficient (Wildman–Crippen LogP) is 7.04. The quantitative estimate of drug-likeness (QED) is 0.132. The lowest BCUT2D eigenvalue weighted by atomic mass is 10.1. The van der Waals surface area contributed by atoms with E-state index in [0.29, 0.717) is 40.7 Å². The van der Waals surface area contributed by atoms with Crippen LogP contribution in [0.1, 0.15) is 48.2 Å². The number of benzene rings is 3. The first-order valence-electron chi connectivity index (χ1n) is 15.8. The number of carbonyl (C=O) groups is 2. The largest absolute Gasteiger partial charge is 0.497 e. The van der Waals surface area contributed by atoms with Crippen LogP contribution in [-0.2, 0) is 0 Å². The van der Waals surface area contributed by atoms with Gasteiger partial charge in [0.25, 0.3) is 5.91 Å². The average Bonchev–Trinajstić information content (AvgIpc) is 3.08. The number of nitrogens with zero attached hydrogens (tertiary/aromatic N) is 4. The molecule has 1 heterocycles. The molecule has 4 rings (SSSR count). The minimum Gasteiger partial charge on any atom is -0.497 e. The van der Waals surface area contributed by atoms with Crippen LogP contribution in [0.15, 0.2) is 72.9 Å². The zero-order valence-corrected chi connectivity index (χ0v) is 28.0. The van der Waals surface area contributed by atoms with Crippen molar-refractivity contribution in [1.82, 2.24) is 20.2 Å². The lowest BCUT2D eigenvalue weighted by Crippen LogP contribution is -2.31. The van der Waals surface area contributed by atoms with Gasteiger partial charge in [-0.2, -0.15) is 4.98 Å². The SMILES string of the molecule is CCN(CC)CCCCNC(=O)c1cccc(Nc2nccc(N(C(=O)Oc3c(C)cccc3C)c3ccc(OC)cc3OC)n2)c1. The van der Waals surface area contributed by atoms with Gasteiger partial charge >= 0.3 is 6.09 Å². The minimum absolute atomic E-state index is 0.154. The number of anilines is 4. The van der Waals surface area contributed by atoms with Gasteiger partial charge in [0.1, 0.15) is 23.1 Å². The molecule has 3 aromatic carbocycles. The van der Waals surface area contributed by atoms with Crippen molar-refractivity contribution < 1.29 is 23.8 Å². The molecular weight excluding hydrogens is 596 g/mol. The van der Waals surface area contributed by atoms with E-state index in [0.717, 1.165) is 43.6 Å². The number of para-hydroxylation sites is 1. The number of rotatable bonds is 15. The molecule has 0 atom stereocenters. The van der Waals surface area contributed by atoms with E-state index in [1.165, 1.54) is 18.2 Å². The van der Waals surface area contributed by atoms with Crippen LogP contribution >= 0.6 is 0 Å². The molecule has 0 saturated carbocycles. The van der Waals surface area contributed by atoms with Gasteiger partial charge in [-0.1, -0.05) is 38.1 Å². The molecule has 2 amide bonds. The topological polar surface area (TPSA) is 118 Å². The van der Waals surface area contributed by atoms with Crippen molar-refractivity contribution in [3.05, 3.63) is 89.6 Å². The molecule has 11 nitrogen and oxygen atoms in total. The Bertz CT molecular complexity index is 1640. The van der Waals surface area contributed by atoms with E-state index in [2.05, 4.69) is 39.3 Å². The summed E-state index contributed by atoms with van der Waals surface area (Å²) < 4.78 is 16.9. The zero-order chi connectivity index (χ0) is 33.8. The van der Waals surface area contributed by atoms with Gasteiger partial charge in [-0.25, -0.2) is 14.7 Å². The summed E-state index contributed by atoms with van der Waals surface area (Å²) in [5.41, 5.74) is 3.15. The second-order valence-electron chi connectivity index (χ2n) is 10.9. The molecule has 0 saturated heterocycles. The van der Waals surface area contributed by atoms with Gasteiger partial charge in [-0.05, 0) is 87.8 Å². The summed E-state index contributed by atoms with van der Waals surface area (Å²) in [7, 11) is 3.06. The molecule has 0 unspecified atom stereocenters. The van der Waals surface area contributed by atoms with E-state index in [9.17, 15) is 9.59 Å². The average molecular weight is 641 g/mol. The van der Waals surface area contributed by atoms with Crippen LogP contribution in [0.3, 0.4) is 0 Å². The fourth-order valence-corrected chi connectivity index (χ4v) is 5.08. The highest BCUT2D eigenvalue weighted by molar-refractivity contribution is 5.98. The third-order valence-corrected chi connectivity index (χ3v) is 7.74. The maximum absolute atomic E-state index is 13.9.